The number of ether oxygens (including phenoxy) is 1. The maximum atomic E-state index is 5.76. The van der Waals surface area contributed by atoms with Gasteiger partial charge in [-0.3, -0.25) is 4.98 Å². The highest BCUT2D eigenvalue weighted by Crippen LogP contribution is 2.19. The van der Waals surface area contributed by atoms with E-state index in [4.69, 9.17) is 22.1 Å². The third-order valence-electron chi connectivity index (χ3n) is 1.63. The monoisotopic (exact) mass is 241 g/mol. The van der Waals surface area contributed by atoms with Crippen molar-refractivity contribution in [1.29, 1.82) is 0 Å². The molecule has 0 bridgehead atoms. The summed E-state index contributed by atoms with van der Waals surface area (Å²) in [6.07, 6.45) is 4.85. The van der Waals surface area contributed by atoms with Gasteiger partial charge in [-0.25, -0.2) is 4.98 Å². The second kappa shape index (κ2) is 4.46. The van der Waals surface area contributed by atoms with Gasteiger partial charge in [-0.05, 0) is 0 Å². The molecule has 2 N–H and O–H groups in total. The van der Waals surface area contributed by atoms with Crippen molar-refractivity contribution in [1.82, 2.24) is 9.97 Å². The summed E-state index contributed by atoms with van der Waals surface area (Å²) >= 11 is 7.16. The fourth-order valence-corrected chi connectivity index (χ4v) is 1.78. The van der Waals surface area contributed by atoms with Crippen LogP contribution in [-0.4, -0.2) is 9.97 Å². The Bertz CT molecular complexity index is 460. The van der Waals surface area contributed by atoms with E-state index >= 15 is 0 Å². The summed E-state index contributed by atoms with van der Waals surface area (Å²) in [5.74, 6) is 0.634. The highest BCUT2D eigenvalue weighted by molar-refractivity contribution is 7.15. The van der Waals surface area contributed by atoms with Crippen molar-refractivity contribution in [2.75, 3.05) is 5.73 Å². The fraction of sp³-hybridized carbons (Fsp3) is 0.111. The highest BCUT2D eigenvalue weighted by atomic mass is 35.5. The van der Waals surface area contributed by atoms with E-state index in [0.29, 0.717) is 22.5 Å². The number of aromatic nitrogens is 2. The van der Waals surface area contributed by atoms with E-state index < -0.39 is 0 Å². The van der Waals surface area contributed by atoms with Gasteiger partial charge in [0.05, 0.1) is 16.1 Å². The van der Waals surface area contributed by atoms with Crippen LogP contribution >= 0.6 is 22.9 Å². The van der Waals surface area contributed by atoms with Gasteiger partial charge in [0.1, 0.15) is 12.4 Å². The van der Waals surface area contributed by atoms with Crippen LogP contribution in [-0.2, 0) is 6.61 Å². The molecule has 2 aromatic heterocycles. The summed E-state index contributed by atoms with van der Waals surface area (Å²) in [5.41, 5.74) is 5.49. The van der Waals surface area contributed by atoms with Crippen LogP contribution in [0, 0.1) is 0 Å². The summed E-state index contributed by atoms with van der Waals surface area (Å²) in [6.45, 7) is 0.427. The number of nitrogens with zero attached hydrogens (tertiary/aromatic N) is 2. The van der Waals surface area contributed by atoms with Gasteiger partial charge in [-0.1, -0.05) is 22.9 Å². The van der Waals surface area contributed by atoms with Crippen LogP contribution in [0.4, 0.5) is 5.13 Å². The first-order chi connectivity index (χ1) is 7.24. The third kappa shape index (κ3) is 2.81. The minimum Gasteiger partial charge on any atom is -0.486 e. The molecule has 0 unspecified atom stereocenters. The Kier molecular flexibility index (Phi) is 3.03. The molecule has 2 heterocycles. The van der Waals surface area contributed by atoms with Crippen LogP contribution in [0.5, 0.6) is 5.75 Å². The molecule has 2 rings (SSSR count). The molecule has 6 heteroatoms. The molecule has 0 fully saturated rings. The van der Waals surface area contributed by atoms with E-state index in [-0.39, 0.29) is 0 Å². The lowest BCUT2D eigenvalue weighted by molar-refractivity contribution is 0.308. The first-order valence-corrected chi connectivity index (χ1v) is 5.37. The first-order valence-electron chi connectivity index (χ1n) is 4.17. The van der Waals surface area contributed by atoms with E-state index in [2.05, 4.69) is 9.97 Å². The predicted octanol–water partition coefficient (Wildman–Crippen LogP) is 2.35. The van der Waals surface area contributed by atoms with Gasteiger partial charge in [-0.2, -0.15) is 0 Å². The van der Waals surface area contributed by atoms with E-state index in [1.807, 2.05) is 0 Å². The van der Waals surface area contributed by atoms with Gasteiger partial charge in [0.15, 0.2) is 5.13 Å². The van der Waals surface area contributed by atoms with E-state index in [1.54, 1.807) is 24.7 Å². The number of halogens is 1. The molecular weight excluding hydrogens is 234 g/mol. The Morgan fingerprint density at radius 1 is 1.40 bits per heavy atom. The molecule has 4 nitrogen and oxygen atoms in total. The second-order valence-corrected chi connectivity index (χ2v) is 4.38. The number of nitrogens with two attached hydrogens (primary N) is 1. The summed E-state index contributed by atoms with van der Waals surface area (Å²) < 4.78 is 5.45. The van der Waals surface area contributed by atoms with Gasteiger partial charge in [0.2, 0.25) is 0 Å². The fourth-order valence-electron chi connectivity index (χ4n) is 1.02. The molecule has 15 heavy (non-hydrogen) atoms. The topological polar surface area (TPSA) is 61.0 Å². The molecule has 0 saturated carbocycles. The van der Waals surface area contributed by atoms with E-state index in [0.717, 1.165) is 4.88 Å². The average molecular weight is 242 g/mol. The lowest BCUT2D eigenvalue weighted by Crippen LogP contribution is -1.93. The lowest BCUT2D eigenvalue weighted by Gasteiger charge is -2.03. The van der Waals surface area contributed by atoms with Crippen LogP contribution in [0.2, 0.25) is 5.02 Å². The maximum absolute atomic E-state index is 5.76. The molecule has 0 aliphatic carbocycles. The minimum absolute atomic E-state index is 0.427. The Hall–Kier alpha value is -1.33. The van der Waals surface area contributed by atoms with Gasteiger partial charge in [0, 0.05) is 18.5 Å². The number of nitrogen functional groups attached to an aromatic ring is 1. The normalized spacial score (nSPS) is 10.2. The summed E-state index contributed by atoms with van der Waals surface area (Å²) in [6, 6.07) is 1.71. The number of rotatable bonds is 3. The first kappa shape index (κ1) is 10.2. The predicted molar refractivity (Wildman–Crippen MR) is 60.1 cm³/mol. The molecule has 0 aliphatic heterocycles. The summed E-state index contributed by atoms with van der Waals surface area (Å²) in [4.78, 5) is 8.79. The van der Waals surface area contributed by atoms with Gasteiger partial charge < -0.3 is 10.5 Å². The van der Waals surface area contributed by atoms with Crippen molar-refractivity contribution in [2.45, 2.75) is 6.61 Å². The van der Waals surface area contributed by atoms with Gasteiger partial charge in [-0.15, -0.1) is 0 Å². The molecular formula is C9H8ClN3OS. The average Bonchev–Trinajstić information content (AvgIpc) is 2.62. The highest BCUT2D eigenvalue weighted by Gasteiger charge is 2.00. The van der Waals surface area contributed by atoms with Crippen LogP contribution in [0.3, 0.4) is 0 Å². The Morgan fingerprint density at radius 3 is 2.93 bits per heavy atom. The molecule has 2 aromatic rings. The molecule has 0 atom stereocenters. The van der Waals surface area contributed by atoms with Crippen molar-refractivity contribution in [3.63, 3.8) is 0 Å². The molecule has 78 valence electrons. The van der Waals surface area contributed by atoms with Gasteiger partial charge >= 0.3 is 0 Å². The third-order valence-corrected chi connectivity index (χ3v) is 2.64. The van der Waals surface area contributed by atoms with Crippen LogP contribution < -0.4 is 10.5 Å². The largest absolute Gasteiger partial charge is 0.486 e. The van der Waals surface area contributed by atoms with Crippen LogP contribution in [0.25, 0.3) is 0 Å². The molecule has 0 spiro atoms. The Balaban J connectivity index is 1.99. The molecule has 0 radical (unpaired) electrons. The Labute approximate surface area is 95.7 Å². The zero-order chi connectivity index (χ0) is 10.7. The number of anilines is 1. The minimum atomic E-state index is 0.427. The van der Waals surface area contributed by atoms with Gasteiger partial charge in [0.25, 0.3) is 0 Å². The number of hydrogen-bond donors (Lipinski definition) is 1. The second-order valence-electron chi connectivity index (χ2n) is 2.79. The van der Waals surface area contributed by atoms with E-state index in [9.17, 15) is 0 Å². The van der Waals surface area contributed by atoms with Crippen LogP contribution in [0.1, 0.15) is 4.88 Å². The zero-order valence-corrected chi connectivity index (χ0v) is 9.26. The summed E-state index contributed by atoms with van der Waals surface area (Å²) in [7, 11) is 0. The standard InChI is InChI=1S/C9H8ClN3OS/c10-6-1-7(3-12-2-6)14-5-8-4-13-9(11)15-8/h1-4H,5H2,(H2,11,13). The van der Waals surface area contributed by atoms with Crippen molar-refractivity contribution in [3.05, 3.63) is 34.6 Å². The zero-order valence-electron chi connectivity index (χ0n) is 7.68. The van der Waals surface area contributed by atoms with Crippen molar-refractivity contribution >= 4 is 28.1 Å². The van der Waals surface area contributed by atoms with Crippen molar-refractivity contribution < 1.29 is 4.74 Å². The SMILES string of the molecule is Nc1ncc(COc2cncc(Cl)c2)s1. The summed E-state index contributed by atoms with van der Waals surface area (Å²) in [5, 5.41) is 1.09. The molecule has 0 amide bonds. The Morgan fingerprint density at radius 2 is 2.27 bits per heavy atom. The van der Waals surface area contributed by atoms with Crippen molar-refractivity contribution in [3.8, 4) is 5.75 Å². The number of thiazole rings is 1. The van der Waals surface area contributed by atoms with Crippen molar-refractivity contribution in [2.24, 2.45) is 0 Å². The quantitative estimate of drug-likeness (QED) is 0.896. The molecule has 0 aromatic carbocycles. The number of hydrogen-bond acceptors (Lipinski definition) is 5. The molecule has 0 aliphatic rings. The maximum Gasteiger partial charge on any atom is 0.180 e. The number of pyridine rings is 1. The lowest BCUT2D eigenvalue weighted by atomic mass is 10.4. The molecule has 0 saturated heterocycles. The smallest absolute Gasteiger partial charge is 0.180 e. The van der Waals surface area contributed by atoms with E-state index in [1.165, 1.54) is 11.3 Å². The van der Waals surface area contributed by atoms with Crippen LogP contribution in [0.15, 0.2) is 24.7 Å².